The number of hydrogen-bond donors (Lipinski definition) is 2. The Labute approximate surface area is 98.6 Å². The van der Waals surface area contributed by atoms with E-state index in [1.165, 1.54) is 25.7 Å². The molecular weight excluding hydrogens is 202 g/mol. The van der Waals surface area contributed by atoms with Crippen molar-refractivity contribution in [3.8, 4) is 0 Å². The van der Waals surface area contributed by atoms with Crippen molar-refractivity contribution in [2.24, 2.45) is 5.92 Å². The van der Waals surface area contributed by atoms with Crippen LogP contribution in [0.3, 0.4) is 0 Å². The van der Waals surface area contributed by atoms with Crippen molar-refractivity contribution in [2.45, 2.75) is 63.6 Å². The Bertz CT molecular complexity index is 204. The number of aliphatic hydroxyl groups excluding tert-OH is 1. The smallest absolute Gasteiger partial charge is 0.0604 e. The molecule has 0 spiro atoms. The van der Waals surface area contributed by atoms with Crippen molar-refractivity contribution in [1.82, 2.24) is 5.32 Å². The molecule has 2 fully saturated rings. The van der Waals surface area contributed by atoms with E-state index in [-0.39, 0.29) is 0 Å². The third-order valence-corrected chi connectivity index (χ3v) is 4.09. The molecule has 2 aliphatic rings. The van der Waals surface area contributed by atoms with Crippen LogP contribution in [-0.4, -0.2) is 36.5 Å². The molecule has 2 unspecified atom stereocenters. The van der Waals surface area contributed by atoms with Crippen LogP contribution in [0.15, 0.2) is 0 Å². The molecule has 94 valence electrons. The molecule has 2 aliphatic carbocycles. The van der Waals surface area contributed by atoms with Crippen LogP contribution in [0.4, 0.5) is 0 Å². The van der Waals surface area contributed by atoms with Gasteiger partial charge in [0, 0.05) is 25.3 Å². The van der Waals surface area contributed by atoms with E-state index in [0.29, 0.717) is 30.7 Å². The van der Waals surface area contributed by atoms with Crippen LogP contribution in [0.25, 0.3) is 0 Å². The molecule has 0 radical (unpaired) electrons. The summed E-state index contributed by atoms with van der Waals surface area (Å²) < 4.78 is 5.56. The van der Waals surface area contributed by atoms with E-state index in [2.05, 4.69) is 12.2 Å². The lowest BCUT2D eigenvalue weighted by atomic mass is 9.82. The van der Waals surface area contributed by atoms with E-state index < -0.39 is 0 Å². The number of aliphatic hydroxyl groups is 1. The van der Waals surface area contributed by atoms with E-state index in [1.54, 1.807) is 0 Å². The first-order valence-electron chi connectivity index (χ1n) is 6.82. The first-order chi connectivity index (χ1) is 7.83. The third-order valence-electron chi connectivity index (χ3n) is 4.09. The molecule has 0 aromatic carbocycles. The van der Waals surface area contributed by atoms with Gasteiger partial charge in [-0.05, 0) is 38.5 Å². The van der Waals surface area contributed by atoms with Crippen molar-refractivity contribution >= 4 is 0 Å². The summed E-state index contributed by atoms with van der Waals surface area (Å²) in [7, 11) is 0. The number of hydrogen-bond acceptors (Lipinski definition) is 3. The molecule has 2 saturated carbocycles. The minimum absolute atomic E-state index is 0.347. The second-order valence-electron chi connectivity index (χ2n) is 5.25. The minimum Gasteiger partial charge on any atom is -0.396 e. The zero-order valence-corrected chi connectivity index (χ0v) is 10.3. The summed E-state index contributed by atoms with van der Waals surface area (Å²) in [6, 6.07) is 1.18. The van der Waals surface area contributed by atoms with Crippen LogP contribution >= 0.6 is 0 Å². The van der Waals surface area contributed by atoms with Gasteiger partial charge in [0.15, 0.2) is 0 Å². The highest BCUT2D eigenvalue weighted by atomic mass is 16.5. The Morgan fingerprint density at radius 2 is 2.00 bits per heavy atom. The zero-order valence-electron chi connectivity index (χ0n) is 10.3. The molecule has 16 heavy (non-hydrogen) atoms. The molecule has 0 aromatic rings. The van der Waals surface area contributed by atoms with Crippen LogP contribution in [0.2, 0.25) is 0 Å². The number of nitrogens with one attached hydrogen (secondary N) is 1. The molecule has 2 atom stereocenters. The molecule has 0 bridgehead atoms. The topological polar surface area (TPSA) is 41.5 Å². The van der Waals surface area contributed by atoms with E-state index in [9.17, 15) is 5.11 Å². The summed E-state index contributed by atoms with van der Waals surface area (Å²) >= 11 is 0. The molecule has 3 heteroatoms. The van der Waals surface area contributed by atoms with E-state index >= 15 is 0 Å². The van der Waals surface area contributed by atoms with E-state index in [1.807, 2.05) is 0 Å². The van der Waals surface area contributed by atoms with Crippen molar-refractivity contribution < 1.29 is 9.84 Å². The maximum atomic E-state index is 9.34. The summed E-state index contributed by atoms with van der Waals surface area (Å²) in [5, 5.41) is 13.0. The summed E-state index contributed by atoms with van der Waals surface area (Å²) in [6.45, 7) is 3.24. The average molecular weight is 227 g/mol. The van der Waals surface area contributed by atoms with Gasteiger partial charge in [-0.2, -0.15) is 0 Å². The summed E-state index contributed by atoms with van der Waals surface area (Å²) in [4.78, 5) is 0. The van der Waals surface area contributed by atoms with Crippen molar-refractivity contribution in [3.63, 3.8) is 0 Å². The Kier molecular flexibility index (Phi) is 4.62. The molecule has 3 nitrogen and oxygen atoms in total. The molecule has 0 heterocycles. The van der Waals surface area contributed by atoms with Crippen LogP contribution in [0.1, 0.15) is 45.4 Å². The van der Waals surface area contributed by atoms with Gasteiger partial charge in [0.1, 0.15) is 0 Å². The highest BCUT2D eigenvalue weighted by Gasteiger charge is 2.33. The van der Waals surface area contributed by atoms with Crippen molar-refractivity contribution in [3.05, 3.63) is 0 Å². The molecule has 0 amide bonds. The van der Waals surface area contributed by atoms with Crippen LogP contribution in [-0.2, 0) is 4.74 Å². The van der Waals surface area contributed by atoms with Gasteiger partial charge in [-0.3, -0.25) is 0 Å². The lowest BCUT2D eigenvalue weighted by Crippen LogP contribution is -2.52. The van der Waals surface area contributed by atoms with Crippen LogP contribution in [0, 0.1) is 5.92 Å². The molecule has 2 rings (SSSR count). The fourth-order valence-electron chi connectivity index (χ4n) is 3.02. The molecule has 2 N–H and O–H groups in total. The van der Waals surface area contributed by atoms with Gasteiger partial charge < -0.3 is 15.2 Å². The zero-order chi connectivity index (χ0) is 11.4. The van der Waals surface area contributed by atoms with Gasteiger partial charge in [-0.25, -0.2) is 0 Å². The minimum atomic E-state index is 0.347. The second kappa shape index (κ2) is 5.99. The summed E-state index contributed by atoms with van der Waals surface area (Å²) in [5.41, 5.74) is 0. The standard InChI is InChI=1S/C13H25NO2/c1-2-16-12-7-11(8-12)14-13-6-4-3-5-10(13)9-15/h10-15H,2-9H2,1H3. The summed E-state index contributed by atoms with van der Waals surface area (Å²) in [5.74, 6) is 0.486. The van der Waals surface area contributed by atoms with E-state index in [4.69, 9.17) is 4.74 Å². The Morgan fingerprint density at radius 3 is 2.69 bits per heavy atom. The third kappa shape index (κ3) is 2.96. The Balaban J connectivity index is 1.69. The van der Waals surface area contributed by atoms with Crippen molar-refractivity contribution in [2.75, 3.05) is 13.2 Å². The first-order valence-corrected chi connectivity index (χ1v) is 6.82. The maximum absolute atomic E-state index is 9.34. The Morgan fingerprint density at radius 1 is 1.25 bits per heavy atom. The molecule has 0 saturated heterocycles. The molecule has 0 aromatic heterocycles. The average Bonchev–Trinajstić information content (AvgIpc) is 2.27. The predicted octanol–water partition coefficient (Wildman–Crippen LogP) is 1.69. The summed E-state index contributed by atoms with van der Waals surface area (Å²) in [6.07, 6.45) is 7.83. The second-order valence-corrected chi connectivity index (χ2v) is 5.25. The van der Waals surface area contributed by atoms with Gasteiger partial charge in [-0.15, -0.1) is 0 Å². The van der Waals surface area contributed by atoms with Crippen molar-refractivity contribution in [1.29, 1.82) is 0 Å². The monoisotopic (exact) mass is 227 g/mol. The van der Waals surface area contributed by atoms with Gasteiger partial charge in [0.25, 0.3) is 0 Å². The van der Waals surface area contributed by atoms with Gasteiger partial charge in [-0.1, -0.05) is 12.8 Å². The first kappa shape index (κ1) is 12.3. The molecule has 0 aliphatic heterocycles. The lowest BCUT2D eigenvalue weighted by Gasteiger charge is -2.41. The van der Waals surface area contributed by atoms with Crippen LogP contribution in [0.5, 0.6) is 0 Å². The highest BCUT2D eigenvalue weighted by Crippen LogP contribution is 2.29. The van der Waals surface area contributed by atoms with Gasteiger partial charge in [0.05, 0.1) is 6.10 Å². The lowest BCUT2D eigenvalue weighted by molar-refractivity contribution is -0.0168. The normalized spacial score (nSPS) is 39.4. The fourth-order valence-corrected chi connectivity index (χ4v) is 3.02. The Hall–Kier alpha value is -0.120. The van der Waals surface area contributed by atoms with Crippen LogP contribution < -0.4 is 5.32 Å². The fraction of sp³-hybridized carbons (Fsp3) is 1.00. The quantitative estimate of drug-likeness (QED) is 0.751. The van der Waals surface area contributed by atoms with E-state index in [0.717, 1.165) is 19.4 Å². The SMILES string of the molecule is CCOC1CC(NC2CCCCC2CO)C1. The number of rotatable bonds is 5. The predicted molar refractivity (Wildman–Crippen MR) is 64.4 cm³/mol. The van der Waals surface area contributed by atoms with Gasteiger partial charge >= 0.3 is 0 Å². The van der Waals surface area contributed by atoms with Gasteiger partial charge in [0.2, 0.25) is 0 Å². The maximum Gasteiger partial charge on any atom is 0.0604 e. The molecular formula is C13H25NO2. The highest BCUT2D eigenvalue weighted by molar-refractivity contribution is 4.91. The largest absolute Gasteiger partial charge is 0.396 e. The number of ether oxygens (including phenoxy) is 1.